The van der Waals surface area contributed by atoms with E-state index in [9.17, 15) is 8.42 Å². The second-order valence-corrected chi connectivity index (χ2v) is 7.33. The quantitative estimate of drug-likeness (QED) is 0.804. The molecule has 0 aromatic heterocycles. The van der Waals surface area contributed by atoms with E-state index in [1.54, 1.807) is 31.2 Å². The molecule has 3 N–H and O–H groups in total. The van der Waals surface area contributed by atoms with Gasteiger partial charge in [-0.2, -0.15) is 0 Å². The number of sulfone groups is 1. The Balaban J connectivity index is 2.68. The summed E-state index contributed by atoms with van der Waals surface area (Å²) in [5, 5.41) is 3.30. The van der Waals surface area contributed by atoms with E-state index in [1.165, 1.54) is 0 Å². The van der Waals surface area contributed by atoms with Crippen LogP contribution in [0.5, 0.6) is 0 Å². The van der Waals surface area contributed by atoms with Crippen molar-refractivity contribution in [1.82, 2.24) is 0 Å². The summed E-state index contributed by atoms with van der Waals surface area (Å²) in [7, 11) is -3.11. The van der Waals surface area contributed by atoms with Gasteiger partial charge in [-0.25, -0.2) is 8.42 Å². The number of nitrogens with two attached hydrogens (primary N) is 1. The normalized spacial score (nSPS) is 13.5. The Morgan fingerprint density at radius 2 is 1.79 bits per heavy atom. The zero-order chi connectivity index (χ0) is 14.5. The van der Waals surface area contributed by atoms with Crippen LogP contribution >= 0.6 is 0 Å². The van der Waals surface area contributed by atoms with Crippen LogP contribution < -0.4 is 11.1 Å². The van der Waals surface area contributed by atoms with Gasteiger partial charge in [0.25, 0.3) is 0 Å². The van der Waals surface area contributed by atoms with Gasteiger partial charge in [-0.1, -0.05) is 20.8 Å². The highest BCUT2D eigenvalue weighted by Gasteiger charge is 2.12. The second-order valence-electron chi connectivity index (χ2n) is 5.05. The van der Waals surface area contributed by atoms with E-state index in [4.69, 9.17) is 5.73 Å². The molecule has 0 fully saturated rings. The Morgan fingerprint density at radius 3 is 2.21 bits per heavy atom. The van der Waals surface area contributed by atoms with E-state index in [0.29, 0.717) is 23.3 Å². The van der Waals surface area contributed by atoms with E-state index < -0.39 is 9.84 Å². The number of anilines is 1. The number of hydrogen-bond donors (Lipinski definition) is 2. The molecule has 1 aromatic rings. The number of nitrogens with one attached hydrogen (secondary N) is 1. The monoisotopic (exact) mass is 284 g/mol. The van der Waals surface area contributed by atoms with E-state index in [0.717, 1.165) is 12.2 Å². The van der Waals surface area contributed by atoms with E-state index in [2.05, 4.69) is 19.2 Å². The lowest BCUT2D eigenvalue weighted by Crippen LogP contribution is -2.27. The van der Waals surface area contributed by atoms with Gasteiger partial charge in [-0.15, -0.1) is 0 Å². The van der Waals surface area contributed by atoms with E-state index in [-0.39, 0.29) is 5.75 Å². The van der Waals surface area contributed by atoms with Gasteiger partial charge in [0.05, 0.1) is 10.6 Å². The Bertz CT molecular complexity index is 481. The molecular formula is C14H24N2O2S. The maximum Gasteiger partial charge on any atom is 0.178 e. The van der Waals surface area contributed by atoms with Crippen molar-refractivity contribution in [3.63, 3.8) is 0 Å². The molecule has 0 aliphatic heterocycles. The van der Waals surface area contributed by atoms with Crippen LogP contribution in [-0.4, -0.2) is 27.3 Å². The minimum Gasteiger partial charge on any atom is -0.385 e. The van der Waals surface area contributed by atoms with Crippen LogP contribution in [0.3, 0.4) is 0 Å². The molecule has 0 saturated carbocycles. The molecule has 0 radical (unpaired) electrons. The molecule has 4 nitrogen and oxygen atoms in total. The van der Waals surface area contributed by atoms with E-state index in [1.807, 2.05) is 0 Å². The lowest BCUT2D eigenvalue weighted by Gasteiger charge is -2.20. The van der Waals surface area contributed by atoms with Gasteiger partial charge in [0, 0.05) is 12.2 Å². The number of benzene rings is 1. The maximum absolute atomic E-state index is 11.7. The average Bonchev–Trinajstić information content (AvgIpc) is 2.39. The lowest BCUT2D eigenvalue weighted by molar-refractivity contribution is 0.413. The van der Waals surface area contributed by atoms with Crippen LogP contribution in [0.25, 0.3) is 0 Å². The first-order valence-electron chi connectivity index (χ1n) is 6.67. The summed E-state index contributed by atoms with van der Waals surface area (Å²) < 4.78 is 23.4. The predicted molar refractivity (Wildman–Crippen MR) is 80.0 cm³/mol. The molecule has 0 bridgehead atoms. The molecule has 19 heavy (non-hydrogen) atoms. The van der Waals surface area contributed by atoms with Crippen molar-refractivity contribution in [2.75, 3.05) is 24.2 Å². The smallest absolute Gasteiger partial charge is 0.178 e. The third-order valence-electron chi connectivity index (χ3n) is 3.41. The van der Waals surface area contributed by atoms with Gasteiger partial charge in [-0.3, -0.25) is 0 Å². The Labute approximate surface area is 116 Å². The van der Waals surface area contributed by atoms with Gasteiger partial charge in [0.1, 0.15) is 0 Å². The summed E-state index contributed by atoms with van der Waals surface area (Å²) in [5.41, 5.74) is 6.64. The summed E-state index contributed by atoms with van der Waals surface area (Å²) >= 11 is 0. The second kappa shape index (κ2) is 6.91. The van der Waals surface area contributed by atoms with Crippen molar-refractivity contribution in [1.29, 1.82) is 0 Å². The number of rotatable bonds is 7. The van der Waals surface area contributed by atoms with Gasteiger partial charge in [0.15, 0.2) is 9.84 Å². The highest BCUT2D eigenvalue weighted by molar-refractivity contribution is 7.91. The van der Waals surface area contributed by atoms with E-state index >= 15 is 0 Å². The zero-order valence-electron chi connectivity index (χ0n) is 11.9. The fraction of sp³-hybridized carbons (Fsp3) is 0.571. The first-order valence-corrected chi connectivity index (χ1v) is 8.32. The first-order chi connectivity index (χ1) is 8.90. The summed E-state index contributed by atoms with van der Waals surface area (Å²) in [6.07, 6.45) is 0. The predicted octanol–water partition coefficient (Wildman–Crippen LogP) is 2.12. The molecule has 0 amide bonds. The molecule has 0 aliphatic rings. The first kappa shape index (κ1) is 16.0. The molecule has 0 heterocycles. The SMILES string of the molecule is CCS(=O)(=O)c1ccc(NCC(CN)C(C)C)cc1. The van der Waals surface area contributed by atoms with Crippen LogP contribution in [0.2, 0.25) is 0 Å². The van der Waals surface area contributed by atoms with Gasteiger partial charge >= 0.3 is 0 Å². The van der Waals surface area contributed by atoms with Crippen molar-refractivity contribution in [2.24, 2.45) is 17.6 Å². The van der Waals surface area contributed by atoms with Crippen molar-refractivity contribution in [2.45, 2.75) is 25.7 Å². The zero-order valence-corrected chi connectivity index (χ0v) is 12.7. The highest BCUT2D eigenvalue weighted by atomic mass is 32.2. The van der Waals surface area contributed by atoms with Gasteiger partial charge < -0.3 is 11.1 Å². The molecule has 1 aromatic carbocycles. The average molecular weight is 284 g/mol. The third kappa shape index (κ3) is 4.51. The fourth-order valence-electron chi connectivity index (χ4n) is 1.79. The minimum atomic E-state index is -3.11. The molecule has 5 heteroatoms. The van der Waals surface area contributed by atoms with Gasteiger partial charge in [0.2, 0.25) is 0 Å². The van der Waals surface area contributed by atoms with Crippen molar-refractivity contribution in [3.05, 3.63) is 24.3 Å². The third-order valence-corrected chi connectivity index (χ3v) is 5.16. The molecule has 1 unspecified atom stereocenters. The number of hydrogen-bond acceptors (Lipinski definition) is 4. The van der Waals surface area contributed by atoms with Crippen LogP contribution in [0.1, 0.15) is 20.8 Å². The van der Waals surface area contributed by atoms with Crippen LogP contribution in [0, 0.1) is 11.8 Å². The Hall–Kier alpha value is -1.07. The van der Waals surface area contributed by atoms with Crippen LogP contribution in [-0.2, 0) is 9.84 Å². The fourth-order valence-corrected chi connectivity index (χ4v) is 2.67. The van der Waals surface area contributed by atoms with Crippen molar-refractivity contribution in [3.8, 4) is 0 Å². The van der Waals surface area contributed by atoms with Gasteiger partial charge in [-0.05, 0) is 42.6 Å². The molecule has 1 rings (SSSR count). The summed E-state index contributed by atoms with van der Waals surface area (Å²) in [6.45, 7) is 7.39. The molecular weight excluding hydrogens is 260 g/mol. The van der Waals surface area contributed by atoms with Crippen LogP contribution in [0.15, 0.2) is 29.2 Å². The lowest BCUT2D eigenvalue weighted by atomic mass is 9.96. The standard InChI is InChI=1S/C14H24N2O2S/c1-4-19(17,18)14-7-5-13(6-8-14)16-10-12(9-15)11(2)3/h5-8,11-12,16H,4,9-10,15H2,1-3H3. The largest absolute Gasteiger partial charge is 0.385 e. The Kier molecular flexibility index (Phi) is 5.82. The maximum atomic E-state index is 11.7. The minimum absolute atomic E-state index is 0.127. The summed E-state index contributed by atoms with van der Waals surface area (Å²) in [4.78, 5) is 0.375. The molecule has 1 atom stereocenters. The molecule has 0 spiro atoms. The molecule has 108 valence electrons. The topological polar surface area (TPSA) is 72.2 Å². The molecule has 0 aliphatic carbocycles. The Morgan fingerprint density at radius 1 is 1.21 bits per heavy atom. The van der Waals surface area contributed by atoms with Crippen molar-refractivity contribution < 1.29 is 8.42 Å². The summed E-state index contributed by atoms with van der Waals surface area (Å²) in [6, 6.07) is 6.90. The summed E-state index contributed by atoms with van der Waals surface area (Å²) in [5.74, 6) is 1.07. The van der Waals surface area contributed by atoms with Crippen LogP contribution in [0.4, 0.5) is 5.69 Å². The highest BCUT2D eigenvalue weighted by Crippen LogP contribution is 2.16. The van der Waals surface area contributed by atoms with Crippen molar-refractivity contribution >= 4 is 15.5 Å². The molecule has 0 saturated heterocycles.